The Morgan fingerprint density at radius 3 is 2.86 bits per heavy atom. The summed E-state index contributed by atoms with van der Waals surface area (Å²) >= 11 is 0. The molecule has 0 atom stereocenters. The van der Waals surface area contributed by atoms with Crippen molar-refractivity contribution in [3.05, 3.63) is 23.9 Å². The van der Waals surface area contributed by atoms with Crippen molar-refractivity contribution in [3.63, 3.8) is 0 Å². The molecule has 1 N–H and O–H groups in total. The van der Waals surface area contributed by atoms with Gasteiger partial charge in [-0.25, -0.2) is 9.78 Å². The predicted octanol–water partition coefficient (Wildman–Crippen LogP) is 3.05. The second-order valence-corrected chi connectivity index (χ2v) is 4.25. The van der Waals surface area contributed by atoms with Crippen molar-refractivity contribution < 1.29 is 27.4 Å². The van der Waals surface area contributed by atoms with Gasteiger partial charge in [-0.3, -0.25) is 0 Å². The zero-order valence-electron chi connectivity index (χ0n) is 11.6. The molecule has 1 aromatic rings. The molecule has 1 amide bonds. The summed E-state index contributed by atoms with van der Waals surface area (Å²) in [6.07, 6.45) is -1.99. The molecule has 0 aliphatic rings. The number of alkyl halides is 3. The van der Waals surface area contributed by atoms with Gasteiger partial charge >= 0.3 is 12.3 Å². The number of pyridine rings is 1. The van der Waals surface area contributed by atoms with Crippen LogP contribution in [0.25, 0.3) is 0 Å². The number of hydrogen-bond acceptors (Lipinski definition) is 4. The summed E-state index contributed by atoms with van der Waals surface area (Å²) in [4.78, 5) is 15.0. The molecule has 1 aromatic heterocycles. The third kappa shape index (κ3) is 8.01. The lowest BCUT2D eigenvalue weighted by molar-refractivity contribution is -0.154. The Balaban J connectivity index is 2.40. The van der Waals surface area contributed by atoms with Crippen molar-refractivity contribution in [2.24, 2.45) is 0 Å². The molecule has 118 valence electrons. The Kier molecular flexibility index (Phi) is 6.77. The normalized spacial score (nSPS) is 11.0. The van der Waals surface area contributed by atoms with Crippen LogP contribution < -0.4 is 10.1 Å². The van der Waals surface area contributed by atoms with Crippen LogP contribution in [0.4, 0.5) is 18.0 Å². The van der Waals surface area contributed by atoms with Gasteiger partial charge in [-0.05, 0) is 18.1 Å². The van der Waals surface area contributed by atoms with Crippen molar-refractivity contribution >= 4 is 6.09 Å². The number of rotatable bonds is 7. The van der Waals surface area contributed by atoms with Crippen LogP contribution in [0, 0.1) is 0 Å². The molecule has 1 rings (SSSR count). The molecule has 1 heterocycles. The van der Waals surface area contributed by atoms with E-state index in [1.54, 1.807) is 6.07 Å². The highest BCUT2D eigenvalue weighted by atomic mass is 19.4. The predicted molar refractivity (Wildman–Crippen MR) is 68.9 cm³/mol. The molecule has 0 aliphatic carbocycles. The van der Waals surface area contributed by atoms with Crippen LogP contribution in [0.15, 0.2) is 18.3 Å². The number of nitrogens with zero attached hydrogens (tertiary/aromatic N) is 1. The fraction of sp³-hybridized carbons (Fsp3) is 0.538. The zero-order chi connectivity index (χ0) is 15.7. The van der Waals surface area contributed by atoms with Gasteiger partial charge in [0.15, 0.2) is 6.61 Å². The molecule has 0 unspecified atom stereocenters. The van der Waals surface area contributed by atoms with E-state index in [0.29, 0.717) is 12.2 Å². The summed E-state index contributed by atoms with van der Waals surface area (Å²) in [6, 6.07) is 2.89. The Morgan fingerprint density at radius 1 is 1.43 bits per heavy atom. The molecule has 0 aliphatic heterocycles. The highest BCUT2D eigenvalue weighted by Crippen LogP contribution is 2.17. The Labute approximate surface area is 120 Å². The van der Waals surface area contributed by atoms with Crippen LogP contribution >= 0.6 is 0 Å². The first-order valence-corrected chi connectivity index (χ1v) is 6.46. The number of carbonyl (C=O) groups is 1. The van der Waals surface area contributed by atoms with E-state index in [1.165, 1.54) is 12.3 Å². The molecule has 0 aromatic carbocycles. The van der Waals surface area contributed by atoms with Crippen LogP contribution in [-0.4, -0.2) is 30.5 Å². The van der Waals surface area contributed by atoms with Crippen molar-refractivity contribution in [2.75, 3.05) is 13.2 Å². The standard InChI is InChI=1S/C13H17F3N2O3/c1-2-3-6-20-12(19)18-8-10-4-5-17-11(7-10)21-9-13(14,15)16/h4-5,7H,2-3,6,8-9H2,1H3,(H,18,19). The summed E-state index contributed by atoms with van der Waals surface area (Å²) in [5.74, 6) is -0.147. The van der Waals surface area contributed by atoms with E-state index in [9.17, 15) is 18.0 Å². The molecule has 5 nitrogen and oxygen atoms in total. The van der Waals surface area contributed by atoms with Gasteiger partial charge in [-0.1, -0.05) is 13.3 Å². The van der Waals surface area contributed by atoms with E-state index in [2.05, 4.69) is 15.0 Å². The van der Waals surface area contributed by atoms with Gasteiger partial charge in [0.2, 0.25) is 5.88 Å². The van der Waals surface area contributed by atoms with Crippen molar-refractivity contribution in [3.8, 4) is 5.88 Å². The van der Waals surface area contributed by atoms with Gasteiger partial charge in [-0.15, -0.1) is 0 Å². The third-order valence-electron chi connectivity index (χ3n) is 2.35. The number of nitrogens with one attached hydrogen (secondary N) is 1. The van der Waals surface area contributed by atoms with E-state index in [-0.39, 0.29) is 12.4 Å². The fourth-order valence-corrected chi connectivity index (χ4v) is 1.33. The topological polar surface area (TPSA) is 60.5 Å². The maximum atomic E-state index is 12.0. The number of hydrogen-bond donors (Lipinski definition) is 1. The molecule has 0 saturated carbocycles. The zero-order valence-corrected chi connectivity index (χ0v) is 11.6. The monoisotopic (exact) mass is 306 g/mol. The molecule has 0 spiro atoms. The summed E-state index contributed by atoms with van der Waals surface area (Å²) < 4.78 is 45.4. The Hall–Kier alpha value is -1.99. The minimum absolute atomic E-state index is 0.121. The number of halogens is 3. The van der Waals surface area contributed by atoms with E-state index in [4.69, 9.17) is 4.74 Å². The molecular weight excluding hydrogens is 289 g/mol. The lowest BCUT2D eigenvalue weighted by Crippen LogP contribution is -2.24. The Morgan fingerprint density at radius 2 is 2.19 bits per heavy atom. The third-order valence-corrected chi connectivity index (χ3v) is 2.35. The minimum Gasteiger partial charge on any atom is -0.468 e. The van der Waals surface area contributed by atoms with Crippen LogP contribution in [0.3, 0.4) is 0 Å². The van der Waals surface area contributed by atoms with E-state index in [0.717, 1.165) is 12.8 Å². The summed E-state index contributed by atoms with van der Waals surface area (Å²) in [5, 5.41) is 2.49. The molecule has 0 radical (unpaired) electrons. The average molecular weight is 306 g/mol. The molecular formula is C13H17F3N2O3. The van der Waals surface area contributed by atoms with Crippen molar-refractivity contribution in [1.82, 2.24) is 10.3 Å². The van der Waals surface area contributed by atoms with Gasteiger partial charge in [0.1, 0.15) is 0 Å². The highest BCUT2D eigenvalue weighted by Gasteiger charge is 2.28. The van der Waals surface area contributed by atoms with Crippen molar-refractivity contribution in [1.29, 1.82) is 0 Å². The molecule has 8 heteroatoms. The maximum absolute atomic E-state index is 12.0. The summed E-state index contributed by atoms with van der Waals surface area (Å²) in [7, 11) is 0. The summed E-state index contributed by atoms with van der Waals surface area (Å²) in [6.45, 7) is 1.02. The Bertz CT molecular complexity index is 453. The second-order valence-electron chi connectivity index (χ2n) is 4.25. The average Bonchev–Trinajstić information content (AvgIpc) is 2.43. The maximum Gasteiger partial charge on any atom is 0.422 e. The lowest BCUT2D eigenvalue weighted by atomic mass is 10.2. The second kappa shape index (κ2) is 8.33. The van der Waals surface area contributed by atoms with Crippen LogP contribution in [0.2, 0.25) is 0 Å². The number of amides is 1. The molecule has 0 bridgehead atoms. The van der Waals surface area contributed by atoms with Gasteiger partial charge in [-0.2, -0.15) is 13.2 Å². The summed E-state index contributed by atoms with van der Waals surface area (Å²) in [5.41, 5.74) is 0.564. The minimum atomic E-state index is -4.42. The van der Waals surface area contributed by atoms with Crippen LogP contribution in [0.5, 0.6) is 5.88 Å². The molecule has 0 fully saturated rings. The van der Waals surface area contributed by atoms with Crippen LogP contribution in [0.1, 0.15) is 25.3 Å². The smallest absolute Gasteiger partial charge is 0.422 e. The van der Waals surface area contributed by atoms with Gasteiger partial charge in [0, 0.05) is 18.8 Å². The van der Waals surface area contributed by atoms with Crippen molar-refractivity contribution in [2.45, 2.75) is 32.5 Å². The van der Waals surface area contributed by atoms with Gasteiger partial charge in [0.25, 0.3) is 0 Å². The van der Waals surface area contributed by atoms with E-state index < -0.39 is 18.9 Å². The quantitative estimate of drug-likeness (QED) is 0.787. The first-order valence-electron chi connectivity index (χ1n) is 6.46. The number of alkyl carbamates (subject to hydrolysis) is 1. The van der Waals surface area contributed by atoms with Gasteiger partial charge in [0.05, 0.1) is 6.61 Å². The number of aromatic nitrogens is 1. The first kappa shape index (κ1) is 17.1. The molecule has 21 heavy (non-hydrogen) atoms. The van der Waals surface area contributed by atoms with Gasteiger partial charge < -0.3 is 14.8 Å². The molecule has 0 saturated heterocycles. The number of unbranched alkanes of at least 4 members (excludes halogenated alkanes) is 1. The first-order chi connectivity index (χ1) is 9.90. The SMILES string of the molecule is CCCCOC(=O)NCc1ccnc(OCC(F)(F)F)c1. The largest absolute Gasteiger partial charge is 0.468 e. The fourth-order valence-electron chi connectivity index (χ4n) is 1.33. The van der Waals surface area contributed by atoms with E-state index >= 15 is 0 Å². The highest BCUT2D eigenvalue weighted by molar-refractivity contribution is 5.67. The number of ether oxygens (including phenoxy) is 2. The number of carbonyl (C=O) groups excluding carboxylic acids is 1. The van der Waals surface area contributed by atoms with E-state index in [1.807, 2.05) is 6.92 Å². The van der Waals surface area contributed by atoms with Crippen LogP contribution in [-0.2, 0) is 11.3 Å². The lowest BCUT2D eigenvalue weighted by Gasteiger charge is -2.10.